The first-order valence-electron chi connectivity index (χ1n) is 5.59. The Hall–Kier alpha value is -1.70. The fourth-order valence-electron chi connectivity index (χ4n) is 1.23. The fraction of sp³-hybridized carbons (Fsp3) is 0.308. The van der Waals surface area contributed by atoms with Crippen LogP contribution in [0.2, 0.25) is 5.02 Å². The number of nitrogens with two attached hydrogens (primary N) is 1. The molecule has 0 spiro atoms. The number of benzene rings is 1. The summed E-state index contributed by atoms with van der Waals surface area (Å²) in [5.74, 6) is 5.63. The quantitative estimate of drug-likeness (QED) is 0.805. The second kappa shape index (κ2) is 6.90. The van der Waals surface area contributed by atoms with Gasteiger partial charge >= 0.3 is 6.03 Å². The van der Waals surface area contributed by atoms with Crippen molar-refractivity contribution in [1.82, 2.24) is 4.90 Å². The van der Waals surface area contributed by atoms with E-state index in [2.05, 4.69) is 17.2 Å². The van der Waals surface area contributed by atoms with Crippen molar-refractivity contribution in [3.8, 4) is 11.8 Å². The number of rotatable bonds is 2. The molecule has 0 aliphatic heterocycles. The van der Waals surface area contributed by atoms with Crippen LogP contribution < -0.4 is 11.1 Å². The summed E-state index contributed by atoms with van der Waals surface area (Å²) in [5.41, 5.74) is 6.62. The highest BCUT2D eigenvalue weighted by atomic mass is 35.5. The maximum absolute atomic E-state index is 11.8. The molecule has 1 aromatic rings. The summed E-state index contributed by atoms with van der Waals surface area (Å²) < 4.78 is 0. The van der Waals surface area contributed by atoms with E-state index in [1.807, 2.05) is 6.92 Å². The Kier molecular flexibility index (Phi) is 5.50. The second-order valence-electron chi connectivity index (χ2n) is 3.64. The monoisotopic (exact) mass is 265 g/mol. The average Bonchev–Trinajstić information content (AvgIpc) is 2.37. The molecule has 18 heavy (non-hydrogen) atoms. The lowest BCUT2D eigenvalue weighted by molar-refractivity contribution is 0.224. The fourth-order valence-corrected chi connectivity index (χ4v) is 1.40. The molecule has 0 aromatic heterocycles. The molecule has 0 bridgehead atoms. The first-order valence-corrected chi connectivity index (χ1v) is 5.97. The lowest BCUT2D eigenvalue weighted by Crippen LogP contribution is -2.31. The van der Waals surface area contributed by atoms with Gasteiger partial charge < -0.3 is 16.0 Å². The SMILES string of the molecule is CCN(C)C(=O)Nc1ccc(Cl)cc1C#CCN. The van der Waals surface area contributed by atoms with Gasteiger partial charge in [0.15, 0.2) is 0 Å². The lowest BCUT2D eigenvalue weighted by atomic mass is 10.2. The number of carbonyl (C=O) groups excluding carboxylic acids is 1. The average molecular weight is 266 g/mol. The summed E-state index contributed by atoms with van der Waals surface area (Å²) in [6, 6.07) is 4.95. The summed E-state index contributed by atoms with van der Waals surface area (Å²) in [6.45, 7) is 2.79. The highest BCUT2D eigenvalue weighted by Gasteiger charge is 2.09. The normalized spacial score (nSPS) is 9.33. The molecule has 0 unspecified atom stereocenters. The van der Waals surface area contributed by atoms with E-state index in [9.17, 15) is 4.79 Å². The Bertz CT molecular complexity index is 491. The molecule has 0 saturated carbocycles. The number of hydrogen-bond donors (Lipinski definition) is 2. The molecule has 0 aliphatic rings. The zero-order chi connectivity index (χ0) is 13.5. The van der Waals surface area contributed by atoms with Gasteiger partial charge in [-0.3, -0.25) is 0 Å². The van der Waals surface area contributed by atoms with Crippen LogP contribution in [-0.4, -0.2) is 31.1 Å². The summed E-state index contributed by atoms with van der Waals surface area (Å²) >= 11 is 5.90. The summed E-state index contributed by atoms with van der Waals surface area (Å²) in [4.78, 5) is 13.3. The van der Waals surface area contributed by atoms with Gasteiger partial charge in [0.2, 0.25) is 0 Å². The summed E-state index contributed by atoms with van der Waals surface area (Å²) in [6.07, 6.45) is 0. The van der Waals surface area contributed by atoms with Crippen molar-refractivity contribution in [3.63, 3.8) is 0 Å². The maximum atomic E-state index is 11.8. The van der Waals surface area contributed by atoms with Crippen molar-refractivity contribution >= 4 is 23.3 Å². The number of carbonyl (C=O) groups is 1. The largest absolute Gasteiger partial charge is 0.328 e. The van der Waals surface area contributed by atoms with Crippen molar-refractivity contribution in [3.05, 3.63) is 28.8 Å². The highest BCUT2D eigenvalue weighted by Crippen LogP contribution is 2.20. The van der Waals surface area contributed by atoms with Crippen molar-refractivity contribution in [2.24, 2.45) is 5.73 Å². The molecule has 1 rings (SSSR count). The van der Waals surface area contributed by atoms with E-state index in [1.54, 1.807) is 30.1 Å². The lowest BCUT2D eigenvalue weighted by Gasteiger charge is -2.16. The van der Waals surface area contributed by atoms with Gasteiger partial charge in [-0.2, -0.15) is 0 Å². The van der Waals surface area contributed by atoms with Crippen LogP contribution in [0.25, 0.3) is 0 Å². The third kappa shape index (κ3) is 3.95. The molecule has 96 valence electrons. The van der Waals surface area contributed by atoms with Gasteiger partial charge in [-0.25, -0.2) is 4.79 Å². The molecule has 0 heterocycles. The first kappa shape index (κ1) is 14.4. The molecule has 5 heteroatoms. The van der Waals surface area contributed by atoms with Gasteiger partial charge in [0.1, 0.15) is 0 Å². The van der Waals surface area contributed by atoms with E-state index in [-0.39, 0.29) is 12.6 Å². The molecular weight excluding hydrogens is 250 g/mol. The van der Waals surface area contributed by atoms with Crippen LogP contribution in [0.1, 0.15) is 12.5 Å². The molecule has 0 atom stereocenters. The number of nitrogens with one attached hydrogen (secondary N) is 1. The minimum Gasteiger partial charge on any atom is -0.328 e. The second-order valence-corrected chi connectivity index (χ2v) is 4.08. The van der Waals surface area contributed by atoms with Crippen LogP contribution in [-0.2, 0) is 0 Å². The number of anilines is 1. The molecule has 2 amide bonds. The predicted octanol–water partition coefficient (Wildman–Crippen LogP) is 2.13. The van der Waals surface area contributed by atoms with Crippen LogP contribution in [0.4, 0.5) is 10.5 Å². The van der Waals surface area contributed by atoms with Crippen molar-refractivity contribution in [2.45, 2.75) is 6.92 Å². The Morgan fingerprint density at radius 3 is 2.89 bits per heavy atom. The molecule has 1 aromatic carbocycles. The van der Waals surface area contributed by atoms with Gasteiger partial charge in [0.25, 0.3) is 0 Å². The van der Waals surface area contributed by atoms with E-state index in [0.29, 0.717) is 22.8 Å². The van der Waals surface area contributed by atoms with Crippen LogP contribution in [0.15, 0.2) is 18.2 Å². The van der Waals surface area contributed by atoms with Gasteiger partial charge in [0.05, 0.1) is 12.2 Å². The number of urea groups is 1. The zero-order valence-electron chi connectivity index (χ0n) is 10.5. The number of amides is 2. The standard InChI is InChI=1S/C13H16ClN3O/c1-3-17(2)13(18)16-12-7-6-11(14)9-10(12)5-4-8-15/h6-7,9H,3,8,15H2,1-2H3,(H,16,18). The van der Waals surface area contributed by atoms with E-state index >= 15 is 0 Å². The van der Waals surface area contributed by atoms with Crippen LogP contribution in [0.5, 0.6) is 0 Å². The van der Waals surface area contributed by atoms with Gasteiger partial charge in [-0.05, 0) is 25.1 Å². The predicted molar refractivity (Wildman–Crippen MR) is 74.7 cm³/mol. The molecule has 0 fully saturated rings. The molecular formula is C13H16ClN3O. The smallest absolute Gasteiger partial charge is 0.321 e. The van der Waals surface area contributed by atoms with E-state index < -0.39 is 0 Å². The van der Waals surface area contributed by atoms with Crippen molar-refractivity contribution < 1.29 is 4.79 Å². The number of nitrogens with zero attached hydrogens (tertiary/aromatic N) is 1. The topological polar surface area (TPSA) is 58.4 Å². The Morgan fingerprint density at radius 2 is 2.28 bits per heavy atom. The molecule has 0 saturated heterocycles. The van der Waals surface area contributed by atoms with Gasteiger partial charge in [-0.1, -0.05) is 23.4 Å². The highest BCUT2D eigenvalue weighted by molar-refractivity contribution is 6.30. The molecule has 0 radical (unpaired) electrons. The summed E-state index contributed by atoms with van der Waals surface area (Å²) in [5, 5.41) is 3.35. The van der Waals surface area contributed by atoms with Gasteiger partial charge in [0, 0.05) is 24.2 Å². The Labute approximate surface area is 112 Å². The maximum Gasteiger partial charge on any atom is 0.321 e. The van der Waals surface area contributed by atoms with Crippen LogP contribution in [0.3, 0.4) is 0 Å². The van der Waals surface area contributed by atoms with Crippen LogP contribution in [0, 0.1) is 11.8 Å². The molecule has 4 nitrogen and oxygen atoms in total. The third-order valence-electron chi connectivity index (χ3n) is 2.37. The number of halogens is 1. The molecule has 3 N–H and O–H groups in total. The van der Waals surface area contributed by atoms with E-state index in [0.717, 1.165) is 0 Å². The molecule has 0 aliphatic carbocycles. The number of hydrogen-bond acceptors (Lipinski definition) is 2. The Morgan fingerprint density at radius 1 is 1.56 bits per heavy atom. The van der Waals surface area contributed by atoms with Gasteiger partial charge in [-0.15, -0.1) is 0 Å². The first-order chi connectivity index (χ1) is 8.58. The minimum atomic E-state index is -0.185. The van der Waals surface area contributed by atoms with E-state index in [1.165, 1.54) is 0 Å². The van der Waals surface area contributed by atoms with Crippen molar-refractivity contribution in [1.29, 1.82) is 0 Å². The Balaban J connectivity index is 2.97. The van der Waals surface area contributed by atoms with E-state index in [4.69, 9.17) is 17.3 Å². The third-order valence-corrected chi connectivity index (χ3v) is 2.60. The minimum absolute atomic E-state index is 0.185. The van der Waals surface area contributed by atoms with Crippen LogP contribution >= 0.6 is 11.6 Å². The van der Waals surface area contributed by atoms with Crippen molar-refractivity contribution in [2.75, 3.05) is 25.5 Å². The zero-order valence-corrected chi connectivity index (χ0v) is 11.2. The summed E-state index contributed by atoms with van der Waals surface area (Å²) in [7, 11) is 1.72.